The van der Waals surface area contributed by atoms with Gasteiger partial charge in [0.25, 0.3) is 0 Å². The maximum absolute atomic E-state index is 12.6. The van der Waals surface area contributed by atoms with Crippen LogP contribution >= 0.6 is 0 Å². The summed E-state index contributed by atoms with van der Waals surface area (Å²) in [5.41, 5.74) is 2.06. The Morgan fingerprint density at radius 2 is 2.04 bits per heavy atom. The summed E-state index contributed by atoms with van der Waals surface area (Å²) in [6, 6.07) is 6.28. The van der Waals surface area contributed by atoms with Gasteiger partial charge in [0.05, 0.1) is 6.04 Å². The molecule has 0 bridgehead atoms. The second kappa shape index (κ2) is 6.75. The Kier molecular flexibility index (Phi) is 4.86. The van der Waals surface area contributed by atoms with E-state index in [2.05, 4.69) is 50.2 Å². The van der Waals surface area contributed by atoms with Gasteiger partial charge in [-0.1, -0.05) is 17.7 Å². The second-order valence-corrected chi connectivity index (χ2v) is 8.18. The average Bonchev–Trinajstić information content (AvgIpc) is 2.49. The SMILES string of the molecule is Cc1ccc2c(c1)[C@H](NC(=O)CC1CCN(C)CC1)CC(C)(C)O2. The number of rotatable bonds is 3. The van der Waals surface area contributed by atoms with E-state index in [0.29, 0.717) is 12.3 Å². The van der Waals surface area contributed by atoms with Crippen LogP contribution in [0.25, 0.3) is 0 Å². The van der Waals surface area contributed by atoms with E-state index in [1.54, 1.807) is 0 Å². The standard InChI is InChI=1S/C20H30N2O2/c1-14-5-6-18-16(11-14)17(13-20(2,3)24-18)21-19(23)12-15-7-9-22(4)10-8-15/h5-6,11,15,17H,7-10,12-13H2,1-4H3,(H,21,23)/t17-/m1/s1. The van der Waals surface area contributed by atoms with Gasteiger partial charge in [-0.3, -0.25) is 4.79 Å². The third kappa shape index (κ3) is 4.10. The minimum absolute atomic E-state index is 0.0439. The molecule has 1 saturated heterocycles. The summed E-state index contributed by atoms with van der Waals surface area (Å²) >= 11 is 0. The molecular weight excluding hydrogens is 300 g/mol. The largest absolute Gasteiger partial charge is 0.487 e. The number of carbonyl (C=O) groups excluding carboxylic acids is 1. The fourth-order valence-corrected chi connectivity index (χ4v) is 3.88. The third-order valence-corrected chi connectivity index (χ3v) is 5.27. The molecule has 132 valence electrons. The van der Waals surface area contributed by atoms with E-state index in [-0.39, 0.29) is 17.6 Å². The molecule has 1 aromatic rings. The van der Waals surface area contributed by atoms with Crippen LogP contribution in [0.4, 0.5) is 0 Å². The Labute approximate surface area is 145 Å². The molecule has 2 aliphatic heterocycles. The van der Waals surface area contributed by atoms with Gasteiger partial charge < -0.3 is 15.0 Å². The number of amides is 1. The lowest BCUT2D eigenvalue weighted by molar-refractivity contribution is -0.123. The molecule has 4 heteroatoms. The number of likely N-dealkylation sites (tertiary alicyclic amines) is 1. The predicted octanol–water partition coefficient (Wildman–Crippen LogP) is 3.45. The number of hydrogen-bond donors (Lipinski definition) is 1. The van der Waals surface area contributed by atoms with E-state index >= 15 is 0 Å². The summed E-state index contributed by atoms with van der Waals surface area (Å²) in [5.74, 6) is 1.60. The maximum atomic E-state index is 12.6. The van der Waals surface area contributed by atoms with Crippen LogP contribution in [-0.2, 0) is 4.79 Å². The van der Waals surface area contributed by atoms with Crippen LogP contribution in [0.3, 0.4) is 0 Å². The van der Waals surface area contributed by atoms with Crippen molar-refractivity contribution in [2.24, 2.45) is 5.92 Å². The quantitative estimate of drug-likeness (QED) is 0.923. The highest BCUT2D eigenvalue weighted by atomic mass is 16.5. The topological polar surface area (TPSA) is 41.6 Å². The van der Waals surface area contributed by atoms with Crippen LogP contribution in [-0.4, -0.2) is 36.5 Å². The summed E-state index contributed by atoms with van der Waals surface area (Å²) in [6.45, 7) is 8.46. The number of benzene rings is 1. The van der Waals surface area contributed by atoms with Gasteiger partial charge >= 0.3 is 0 Å². The highest BCUT2D eigenvalue weighted by Gasteiger charge is 2.34. The van der Waals surface area contributed by atoms with Gasteiger partial charge in [-0.15, -0.1) is 0 Å². The fourth-order valence-electron chi connectivity index (χ4n) is 3.88. The van der Waals surface area contributed by atoms with E-state index in [0.717, 1.165) is 43.7 Å². The Bertz CT molecular complexity index is 604. The van der Waals surface area contributed by atoms with Crippen LogP contribution in [0.5, 0.6) is 5.75 Å². The summed E-state index contributed by atoms with van der Waals surface area (Å²) in [5, 5.41) is 3.28. The van der Waals surface area contributed by atoms with Gasteiger partial charge in [-0.2, -0.15) is 0 Å². The second-order valence-electron chi connectivity index (χ2n) is 8.18. The van der Waals surface area contributed by atoms with E-state index in [1.165, 1.54) is 5.56 Å². The summed E-state index contributed by atoms with van der Waals surface area (Å²) in [7, 11) is 2.15. The lowest BCUT2D eigenvalue weighted by Gasteiger charge is -2.38. The molecule has 0 radical (unpaired) electrons. The van der Waals surface area contributed by atoms with E-state index in [9.17, 15) is 4.79 Å². The predicted molar refractivity (Wildman–Crippen MR) is 96.2 cm³/mol. The molecular formula is C20H30N2O2. The molecule has 1 amide bonds. The summed E-state index contributed by atoms with van der Waals surface area (Å²) in [4.78, 5) is 14.9. The highest BCUT2D eigenvalue weighted by molar-refractivity contribution is 5.77. The van der Waals surface area contributed by atoms with Crippen molar-refractivity contribution in [2.45, 2.75) is 58.1 Å². The molecule has 4 nitrogen and oxygen atoms in total. The van der Waals surface area contributed by atoms with Crippen molar-refractivity contribution < 1.29 is 9.53 Å². The number of piperidine rings is 1. The zero-order valence-electron chi connectivity index (χ0n) is 15.4. The molecule has 1 aromatic carbocycles. The number of carbonyl (C=O) groups is 1. The van der Waals surface area contributed by atoms with E-state index in [4.69, 9.17) is 4.74 Å². The minimum Gasteiger partial charge on any atom is -0.487 e. The first-order valence-corrected chi connectivity index (χ1v) is 9.10. The molecule has 1 fully saturated rings. The number of nitrogens with zero attached hydrogens (tertiary/aromatic N) is 1. The first-order valence-electron chi connectivity index (χ1n) is 9.10. The van der Waals surface area contributed by atoms with Crippen molar-refractivity contribution >= 4 is 5.91 Å². The Balaban J connectivity index is 1.67. The molecule has 3 rings (SSSR count). The van der Waals surface area contributed by atoms with Gasteiger partial charge in [-0.25, -0.2) is 0 Å². The molecule has 24 heavy (non-hydrogen) atoms. The van der Waals surface area contributed by atoms with Crippen LogP contribution in [0.15, 0.2) is 18.2 Å². The zero-order valence-corrected chi connectivity index (χ0v) is 15.4. The van der Waals surface area contributed by atoms with Crippen LogP contribution in [0.2, 0.25) is 0 Å². The summed E-state index contributed by atoms with van der Waals surface area (Å²) < 4.78 is 6.09. The van der Waals surface area contributed by atoms with Gasteiger partial charge in [0.2, 0.25) is 5.91 Å². The molecule has 2 aliphatic rings. The molecule has 0 saturated carbocycles. The fraction of sp³-hybridized carbons (Fsp3) is 0.650. The van der Waals surface area contributed by atoms with Crippen LogP contribution in [0.1, 0.15) is 56.7 Å². The normalized spacial score (nSPS) is 24.1. The average molecular weight is 330 g/mol. The maximum Gasteiger partial charge on any atom is 0.220 e. The molecule has 1 N–H and O–H groups in total. The molecule has 1 atom stereocenters. The van der Waals surface area contributed by atoms with Crippen molar-refractivity contribution in [1.82, 2.24) is 10.2 Å². The number of hydrogen-bond acceptors (Lipinski definition) is 3. The van der Waals surface area contributed by atoms with Crippen LogP contribution in [0, 0.1) is 12.8 Å². The molecule has 0 aliphatic carbocycles. The Morgan fingerprint density at radius 1 is 1.33 bits per heavy atom. The van der Waals surface area contributed by atoms with Gasteiger partial charge in [0.1, 0.15) is 11.4 Å². The van der Waals surface area contributed by atoms with Gasteiger partial charge in [0, 0.05) is 18.4 Å². The number of nitrogens with one attached hydrogen (secondary N) is 1. The number of aryl methyl sites for hydroxylation is 1. The smallest absolute Gasteiger partial charge is 0.220 e. The number of fused-ring (bicyclic) bond motifs is 1. The number of ether oxygens (including phenoxy) is 1. The third-order valence-electron chi connectivity index (χ3n) is 5.27. The lowest BCUT2D eigenvalue weighted by Crippen LogP contribution is -2.42. The molecule has 0 aromatic heterocycles. The Hall–Kier alpha value is -1.55. The van der Waals surface area contributed by atoms with Gasteiger partial charge in [-0.05, 0) is 65.7 Å². The van der Waals surface area contributed by atoms with E-state index in [1.807, 2.05) is 6.07 Å². The monoisotopic (exact) mass is 330 g/mol. The Morgan fingerprint density at radius 3 is 2.75 bits per heavy atom. The van der Waals surface area contributed by atoms with Crippen molar-refractivity contribution in [3.8, 4) is 5.75 Å². The van der Waals surface area contributed by atoms with Gasteiger partial charge in [0.15, 0.2) is 0 Å². The van der Waals surface area contributed by atoms with Crippen molar-refractivity contribution in [1.29, 1.82) is 0 Å². The molecule has 2 heterocycles. The zero-order chi connectivity index (χ0) is 17.3. The van der Waals surface area contributed by atoms with Crippen molar-refractivity contribution in [3.05, 3.63) is 29.3 Å². The summed E-state index contributed by atoms with van der Waals surface area (Å²) in [6.07, 6.45) is 3.70. The van der Waals surface area contributed by atoms with Crippen molar-refractivity contribution in [3.63, 3.8) is 0 Å². The first kappa shape index (κ1) is 17.3. The first-order chi connectivity index (χ1) is 11.3. The molecule has 0 unspecified atom stereocenters. The molecule has 0 spiro atoms. The van der Waals surface area contributed by atoms with Crippen LogP contribution < -0.4 is 10.1 Å². The highest BCUT2D eigenvalue weighted by Crippen LogP contribution is 2.40. The van der Waals surface area contributed by atoms with Crippen molar-refractivity contribution in [2.75, 3.05) is 20.1 Å². The minimum atomic E-state index is -0.256. The van der Waals surface area contributed by atoms with E-state index < -0.39 is 0 Å². The lowest BCUT2D eigenvalue weighted by atomic mass is 9.88.